The Bertz CT molecular complexity index is 362. The van der Waals surface area contributed by atoms with Gasteiger partial charge in [-0.1, -0.05) is 6.92 Å². The van der Waals surface area contributed by atoms with Crippen molar-refractivity contribution >= 4 is 0 Å². The average molecular weight is 237 g/mol. The maximum Gasteiger partial charge on any atom is 0.0549 e. The van der Waals surface area contributed by atoms with E-state index in [1.54, 1.807) is 0 Å². The molecule has 1 aliphatic carbocycles. The van der Waals surface area contributed by atoms with Crippen molar-refractivity contribution in [1.29, 1.82) is 0 Å². The third kappa shape index (κ3) is 2.87. The number of fused-ring (bicyclic) bond motifs is 1. The van der Waals surface area contributed by atoms with Gasteiger partial charge in [0.25, 0.3) is 0 Å². The fraction of sp³-hybridized carbons (Fsp3) is 0.769. The maximum atomic E-state index is 9.53. The highest BCUT2D eigenvalue weighted by atomic mass is 16.3. The summed E-state index contributed by atoms with van der Waals surface area (Å²) in [6.07, 6.45) is 7.04. The third-order valence-corrected chi connectivity index (χ3v) is 3.72. The summed E-state index contributed by atoms with van der Waals surface area (Å²) >= 11 is 0. The molecule has 0 fully saturated rings. The van der Waals surface area contributed by atoms with Gasteiger partial charge in [-0.3, -0.25) is 4.68 Å². The van der Waals surface area contributed by atoms with E-state index in [4.69, 9.17) is 0 Å². The molecule has 96 valence electrons. The van der Waals surface area contributed by atoms with Gasteiger partial charge in [0.05, 0.1) is 12.3 Å². The van der Waals surface area contributed by atoms with Crippen LogP contribution in [0.15, 0.2) is 6.20 Å². The number of nitrogens with zero attached hydrogens (tertiary/aromatic N) is 2. The molecule has 4 heteroatoms. The molecular formula is C13H23N3O. The van der Waals surface area contributed by atoms with E-state index in [0.29, 0.717) is 6.04 Å². The molecular weight excluding hydrogens is 214 g/mol. The first-order valence-electron chi connectivity index (χ1n) is 6.64. The second kappa shape index (κ2) is 5.65. The van der Waals surface area contributed by atoms with Crippen LogP contribution in [0.25, 0.3) is 0 Å². The van der Waals surface area contributed by atoms with Crippen LogP contribution >= 0.6 is 0 Å². The fourth-order valence-corrected chi connectivity index (χ4v) is 2.55. The summed E-state index contributed by atoms with van der Waals surface area (Å²) in [4.78, 5) is 0. The molecule has 2 unspecified atom stereocenters. The number of hydrogen-bond donors (Lipinski definition) is 2. The van der Waals surface area contributed by atoms with Crippen molar-refractivity contribution in [2.24, 2.45) is 7.05 Å². The van der Waals surface area contributed by atoms with Gasteiger partial charge >= 0.3 is 0 Å². The molecule has 0 spiro atoms. The highest BCUT2D eigenvalue weighted by molar-refractivity contribution is 5.24. The number of rotatable bonds is 5. The molecule has 2 atom stereocenters. The predicted molar refractivity (Wildman–Crippen MR) is 67.8 cm³/mol. The van der Waals surface area contributed by atoms with Gasteiger partial charge in [0.15, 0.2) is 0 Å². The van der Waals surface area contributed by atoms with Crippen LogP contribution in [0.3, 0.4) is 0 Å². The van der Waals surface area contributed by atoms with Crippen LogP contribution in [-0.4, -0.2) is 27.5 Å². The Morgan fingerprint density at radius 2 is 2.47 bits per heavy atom. The summed E-state index contributed by atoms with van der Waals surface area (Å²) < 4.78 is 1.99. The van der Waals surface area contributed by atoms with E-state index >= 15 is 0 Å². The lowest BCUT2D eigenvalue weighted by atomic mass is 9.93. The highest BCUT2D eigenvalue weighted by Crippen LogP contribution is 2.28. The van der Waals surface area contributed by atoms with Crippen LogP contribution in [0.2, 0.25) is 0 Å². The first kappa shape index (κ1) is 12.6. The number of nitrogens with one attached hydrogen (secondary N) is 1. The maximum absolute atomic E-state index is 9.53. The first-order chi connectivity index (χ1) is 8.22. The number of aromatic nitrogens is 2. The van der Waals surface area contributed by atoms with E-state index in [0.717, 1.165) is 25.8 Å². The first-order valence-corrected chi connectivity index (χ1v) is 6.64. The molecule has 2 N–H and O–H groups in total. The van der Waals surface area contributed by atoms with Gasteiger partial charge in [-0.2, -0.15) is 5.10 Å². The van der Waals surface area contributed by atoms with Crippen molar-refractivity contribution in [3.63, 3.8) is 0 Å². The quantitative estimate of drug-likeness (QED) is 0.817. The summed E-state index contributed by atoms with van der Waals surface area (Å²) in [6.45, 7) is 2.90. The molecule has 0 saturated heterocycles. The van der Waals surface area contributed by atoms with E-state index < -0.39 is 0 Å². The number of aryl methyl sites for hydroxylation is 1. The summed E-state index contributed by atoms with van der Waals surface area (Å²) in [5.41, 5.74) is 2.72. The Morgan fingerprint density at radius 1 is 1.65 bits per heavy atom. The van der Waals surface area contributed by atoms with Gasteiger partial charge in [0, 0.05) is 24.3 Å². The molecule has 1 aromatic heterocycles. The Kier molecular flexibility index (Phi) is 4.18. The van der Waals surface area contributed by atoms with Crippen molar-refractivity contribution in [2.75, 3.05) is 6.54 Å². The average Bonchev–Trinajstić information content (AvgIpc) is 2.72. The second-order valence-electron chi connectivity index (χ2n) is 4.92. The molecule has 0 amide bonds. The van der Waals surface area contributed by atoms with Crippen LogP contribution in [0, 0.1) is 0 Å². The molecule has 0 bridgehead atoms. The Balaban J connectivity index is 1.90. The standard InChI is InChI=1S/C13H23N3O/c1-3-10(17)7-8-14-12-5-4-6-13-11(12)9-15-16(13)2/h9-10,12,14,17H,3-8H2,1-2H3. The number of hydrogen-bond acceptors (Lipinski definition) is 3. The Hall–Kier alpha value is -0.870. The number of aliphatic hydroxyl groups excluding tert-OH is 1. The van der Waals surface area contributed by atoms with Gasteiger partial charge in [-0.15, -0.1) is 0 Å². The lowest BCUT2D eigenvalue weighted by molar-refractivity contribution is 0.158. The van der Waals surface area contributed by atoms with Crippen LogP contribution < -0.4 is 5.32 Å². The largest absolute Gasteiger partial charge is 0.393 e. The minimum atomic E-state index is -0.167. The third-order valence-electron chi connectivity index (χ3n) is 3.72. The lowest BCUT2D eigenvalue weighted by Crippen LogP contribution is -2.28. The molecule has 0 aromatic carbocycles. The Morgan fingerprint density at radius 3 is 3.24 bits per heavy atom. The van der Waals surface area contributed by atoms with Crippen molar-refractivity contribution in [3.05, 3.63) is 17.5 Å². The topological polar surface area (TPSA) is 50.1 Å². The smallest absolute Gasteiger partial charge is 0.0549 e. The minimum Gasteiger partial charge on any atom is -0.393 e. The summed E-state index contributed by atoms with van der Waals surface area (Å²) in [7, 11) is 2.02. The fourth-order valence-electron chi connectivity index (χ4n) is 2.55. The molecule has 4 nitrogen and oxygen atoms in total. The lowest BCUT2D eigenvalue weighted by Gasteiger charge is -2.24. The van der Waals surface area contributed by atoms with Gasteiger partial charge < -0.3 is 10.4 Å². The van der Waals surface area contributed by atoms with Gasteiger partial charge in [0.2, 0.25) is 0 Å². The molecule has 1 heterocycles. The minimum absolute atomic E-state index is 0.167. The monoisotopic (exact) mass is 237 g/mol. The molecule has 17 heavy (non-hydrogen) atoms. The van der Waals surface area contributed by atoms with Crippen LogP contribution in [0.5, 0.6) is 0 Å². The van der Waals surface area contributed by atoms with Crippen molar-refractivity contribution < 1.29 is 5.11 Å². The second-order valence-corrected chi connectivity index (χ2v) is 4.92. The molecule has 1 aliphatic rings. The van der Waals surface area contributed by atoms with Gasteiger partial charge in [-0.05, 0) is 38.6 Å². The van der Waals surface area contributed by atoms with Gasteiger partial charge in [0.1, 0.15) is 0 Å². The number of aliphatic hydroxyl groups is 1. The summed E-state index contributed by atoms with van der Waals surface area (Å²) in [6, 6.07) is 0.427. The van der Waals surface area contributed by atoms with E-state index in [1.165, 1.54) is 24.1 Å². The summed E-state index contributed by atoms with van der Waals surface area (Å²) in [5, 5.41) is 17.4. The SMILES string of the molecule is CCC(O)CCNC1CCCc2c1cnn2C. The van der Waals surface area contributed by atoms with Crippen molar-refractivity contribution in [3.8, 4) is 0 Å². The molecule has 0 radical (unpaired) electrons. The van der Waals surface area contributed by atoms with Crippen LogP contribution in [0.4, 0.5) is 0 Å². The highest BCUT2D eigenvalue weighted by Gasteiger charge is 2.22. The van der Waals surface area contributed by atoms with E-state index in [1.807, 2.05) is 24.9 Å². The Labute approximate surface area is 103 Å². The van der Waals surface area contributed by atoms with Crippen LogP contribution in [0.1, 0.15) is 49.9 Å². The van der Waals surface area contributed by atoms with Crippen molar-refractivity contribution in [2.45, 2.75) is 51.2 Å². The van der Waals surface area contributed by atoms with E-state index in [-0.39, 0.29) is 6.10 Å². The zero-order valence-electron chi connectivity index (χ0n) is 10.8. The molecule has 2 rings (SSSR count). The predicted octanol–water partition coefficient (Wildman–Crippen LogP) is 1.55. The molecule has 0 saturated carbocycles. The molecule has 0 aliphatic heterocycles. The molecule has 1 aromatic rings. The van der Waals surface area contributed by atoms with E-state index in [2.05, 4.69) is 10.4 Å². The zero-order chi connectivity index (χ0) is 12.3. The summed E-state index contributed by atoms with van der Waals surface area (Å²) in [5.74, 6) is 0. The van der Waals surface area contributed by atoms with Crippen molar-refractivity contribution in [1.82, 2.24) is 15.1 Å². The van der Waals surface area contributed by atoms with Crippen LogP contribution in [-0.2, 0) is 13.5 Å². The van der Waals surface area contributed by atoms with E-state index in [9.17, 15) is 5.11 Å². The zero-order valence-corrected chi connectivity index (χ0v) is 10.8. The normalized spacial score (nSPS) is 21.2. The van der Waals surface area contributed by atoms with Gasteiger partial charge in [-0.25, -0.2) is 0 Å².